The summed E-state index contributed by atoms with van der Waals surface area (Å²) in [5.41, 5.74) is 1.92. The van der Waals surface area contributed by atoms with Crippen molar-refractivity contribution in [3.05, 3.63) is 28.8 Å². The molecule has 20 heavy (non-hydrogen) atoms. The van der Waals surface area contributed by atoms with Crippen LogP contribution in [0.1, 0.15) is 31.4 Å². The number of likely N-dealkylation sites (tertiary alicyclic amines) is 1. The van der Waals surface area contributed by atoms with Crippen molar-refractivity contribution in [2.45, 2.75) is 25.9 Å². The molecule has 1 atom stereocenters. The molecule has 1 aliphatic rings. The summed E-state index contributed by atoms with van der Waals surface area (Å²) in [7, 11) is 4.28. The molecule has 0 aromatic heterocycles. The number of hydrogen-bond donors (Lipinski definition) is 1. The largest absolute Gasteiger partial charge is 0.389 e. The third-order valence-corrected chi connectivity index (χ3v) is 4.54. The van der Waals surface area contributed by atoms with Crippen LogP contribution in [-0.4, -0.2) is 43.7 Å². The van der Waals surface area contributed by atoms with E-state index in [2.05, 4.69) is 23.9 Å². The lowest BCUT2D eigenvalue weighted by Crippen LogP contribution is -2.35. The van der Waals surface area contributed by atoms with Crippen molar-refractivity contribution in [1.29, 1.82) is 0 Å². The van der Waals surface area contributed by atoms with E-state index in [9.17, 15) is 5.11 Å². The average molecular weight is 297 g/mol. The summed E-state index contributed by atoms with van der Waals surface area (Å²) in [6.45, 7) is 5.18. The minimum absolute atomic E-state index is 0.472. The second kappa shape index (κ2) is 6.79. The lowest BCUT2D eigenvalue weighted by Gasteiger charge is -2.32. The molecule has 2 rings (SSSR count). The maximum Gasteiger partial charge on any atom is 0.0762 e. The fourth-order valence-electron chi connectivity index (χ4n) is 2.82. The van der Waals surface area contributed by atoms with E-state index >= 15 is 0 Å². The van der Waals surface area contributed by atoms with Crippen molar-refractivity contribution in [2.24, 2.45) is 5.92 Å². The van der Waals surface area contributed by atoms with Crippen molar-refractivity contribution < 1.29 is 5.11 Å². The van der Waals surface area contributed by atoms with Gasteiger partial charge in [-0.25, -0.2) is 0 Å². The Morgan fingerprint density at radius 3 is 2.60 bits per heavy atom. The molecule has 1 N–H and O–H groups in total. The Labute approximate surface area is 127 Å². The van der Waals surface area contributed by atoms with E-state index in [0.29, 0.717) is 0 Å². The highest BCUT2D eigenvalue weighted by Gasteiger charge is 2.19. The van der Waals surface area contributed by atoms with Crippen LogP contribution in [0.4, 0.5) is 5.69 Å². The quantitative estimate of drug-likeness (QED) is 0.924. The van der Waals surface area contributed by atoms with Gasteiger partial charge in [0.1, 0.15) is 0 Å². The fourth-order valence-corrected chi connectivity index (χ4v) is 3.16. The Hall–Kier alpha value is -0.770. The summed E-state index contributed by atoms with van der Waals surface area (Å²) >= 11 is 6.35. The van der Waals surface area contributed by atoms with Gasteiger partial charge in [-0.1, -0.05) is 17.7 Å². The number of nitrogens with zero attached hydrogens (tertiary/aromatic N) is 2. The lowest BCUT2D eigenvalue weighted by atomic mass is 9.96. The van der Waals surface area contributed by atoms with Crippen molar-refractivity contribution in [1.82, 2.24) is 4.90 Å². The normalized spacial score (nSPS) is 19.1. The molecule has 1 heterocycles. The van der Waals surface area contributed by atoms with E-state index in [0.717, 1.165) is 28.7 Å². The number of benzene rings is 1. The number of halogens is 1. The van der Waals surface area contributed by atoms with Crippen LogP contribution >= 0.6 is 11.6 Å². The Bertz CT molecular complexity index is 442. The second-order valence-electron chi connectivity index (χ2n) is 6.01. The first-order valence-electron chi connectivity index (χ1n) is 7.34. The van der Waals surface area contributed by atoms with Crippen LogP contribution in [0.3, 0.4) is 0 Å². The molecule has 1 unspecified atom stereocenters. The molecule has 1 aromatic carbocycles. The number of hydrogen-bond acceptors (Lipinski definition) is 3. The molecule has 0 spiro atoms. The molecule has 1 saturated heterocycles. The van der Waals surface area contributed by atoms with E-state index in [4.69, 9.17) is 11.6 Å². The van der Waals surface area contributed by atoms with Gasteiger partial charge in [0.05, 0.1) is 16.8 Å². The first kappa shape index (κ1) is 15.6. The van der Waals surface area contributed by atoms with Gasteiger partial charge in [-0.3, -0.25) is 0 Å². The molecule has 4 heteroatoms. The highest BCUT2D eigenvalue weighted by atomic mass is 35.5. The zero-order valence-corrected chi connectivity index (χ0v) is 13.4. The van der Waals surface area contributed by atoms with Gasteiger partial charge < -0.3 is 14.9 Å². The van der Waals surface area contributed by atoms with Crippen molar-refractivity contribution >= 4 is 17.3 Å². The van der Waals surface area contributed by atoms with Crippen LogP contribution in [0.2, 0.25) is 5.02 Å². The van der Waals surface area contributed by atoms with Gasteiger partial charge in [-0.2, -0.15) is 0 Å². The third kappa shape index (κ3) is 3.87. The van der Waals surface area contributed by atoms with Gasteiger partial charge in [0, 0.05) is 13.6 Å². The molecule has 0 bridgehead atoms. The van der Waals surface area contributed by atoms with Gasteiger partial charge >= 0.3 is 0 Å². The van der Waals surface area contributed by atoms with Crippen molar-refractivity contribution in [3.8, 4) is 0 Å². The Balaban J connectivity index is 2.00. The smallest absolute Gasteiger partial charge is 0.0762 e. The molecule has 112 valence electrons. The minimum Gasteiger partial charge on any atom is -0.389 e. The molecular weight excluding hydrogens is 272 g/mol. The van der Waals surface area contributed by atoms with E-state index < -0.39 is 6.10 Å². The molecule has 1 fully saturated rings. The Morgan fingerprint density at radius 2 is 2.05 bits per heavy atom. The van der Waals surface area contributed by atoms with E-state index in [1.54, 1.807) is 6.92 Å². The number of piperidine rings is 1. The van der Waals surface area contributed by atoms with Crippen LogP contribution < -0.4 is 4.90 Å². The predicted molar refractivity (Wildman–Crippen MR) is 85.6 cm³/mol. The standard InChI is InChI=1S/C16H25ClN2O/c1-12(20)14-4-5-16(15(17)10-14)19(3)11-13-6-8-18(2)9-7-13/h4-5,10,12-13,20H,6-9,11H2,1-3H3. The molecule has 0 radical (unpaired) electrons. The minimum atomic E-state index is -0.472. The van der Waals surface area contributed by atoms with Crippen LogP contribution in [0, 0.1) is 5.92 Å². The van der Waals surface area contributed by atoms with Gasteiger partial charge in [0.2, 0.25) is 0 Å². The fraction of sp³-hybridized carbons (Fsp3) is 0.625. The summed E-state index contributed by atoms with van der Waals surface area (Å²) in [4.78, 5) is 4.63. The third-order valence-electron chi connectivity index (χ3n) is 4.24. The summed E-state index contributed by atoms with van der Waals surface area (Å²) in [5.74, 6) is 0.740. The van der Waals surface area contributed by atoms with Crippen LogP contribution in [-0.2, 0) is 0 Å². The van der Waals surface area contributed by atoms with Gasteiger partial charge in [-0.15, -0.1) is 0 Å². The number of aliphatic hydroxyl groups excluding tert-OH is 1. The molecule has 3 nitrogen and oxygen atoms in total. The van der Waals surface area contributed by atoms with E-state index in [1.165, 1.54) is 25.9 Å². The Kier molecular flexibility index (Phi) is 5.30. The topological polar surface area (TPSA) is 26.7 Å². The molecule has 1 aliphatic heterocycles. The van der Waals surface area contributed by atoms with Gasteiger partial charge in [0.15, 0.2) is 0 Å². The zero-order chi connectivity index (χ0) is 14.7. The highest BCUT2D eigenvalue weighted by Crippen LogP contribution is 2.29. The van der Waals surface area contributed by atoms with E-state index in [-0.39, 0.29) is 0 Å². The molecular formula is C16H25ClN2O. The summed E-state index contributed by atoms with van der Waals surface area (Å²) in [6.07, 6.45) is 2.04. The average Bonchev–Trinajstić information content (AvgIpc) is 2.41. The number of rotatable bonds is 4. The maximum atomic E-state index is 9.59. The monoisotopic (exact) mass is 296 g/mol. The van der Waals surface area contributed by atoms with Gasteiger partial charge in [0.25, 0.3) is 0 Å². The maximum absolute atomic E-state index is 9.59. The first-order chi connectivity index (χ1) is 9.47. The highest BCUT2D eigenvalue weighted by molar-refractivity contribution is 6.33. The number of anilines is 1. The summed E-state index contributed by atoms with van der Waals surface area (Å²) in [6, 6.07) is 5.84. The number of aliphatic hydroxyl groups is 1. The van der Waals surface area contributed by atoms with Crippen molar-refractivity contribution in [2.75, 3.05) is 38.6 Å². The zero-order valence-electron chi connectivity index (χ0n) is 12.6. The predicted octanol–water partition coefficient (Wildman–Crippen LogP) is 3.17. The van der Waals surface area contributed by atoms with Crippen LogP contribution in [0.25, 0.3) is 0 Å². The van der Waals surface area contributed by atoms with Crippen molar-refractivity contribution in [3.63, 3.8) is 0 Å². The summed E-state index contributed by atoms with van der Waals surface area (Å²) < 4.78 is 0. The first-order valence-corrected chi connectivity index (χ1v) is 7.72. The van der Waals surface area contributed by atoms with E-state index in [1.807, 2.05) is 18.2 Å². The van der Waals surface area contributed by atoms with Gasteiger partial charge in [-0.05, 0) is 63.5 Å². The lowest BCUT2D eigenvalue weighted by molar-refractivity contribution is 0.199. The summed E-state index contributed by atoms with van der Waals surface area (Å²) in [5, 5.41) is 10.3. The SMILES string of the molecule is CC(O)c1ccc(N(C)CC2CCN(C)CC2)c(Cl)c1. The Morgan fingerprint density at radius 1 is 1.40 bits per heavy atom. The molecule has 0 saturated carbocycles. The van der Waals surface area contributed by atoms with Crippen LogP contribution in [0.5, 0.6) is 0 Å². The molecule has 0 amide bonds. The molecule has 1 aromatic rings. The molecule has 0 aliphatic carbocycles. The van der Waals surface area contributed by atoms with Crippen LogP contribution in [0.15, 0.2) is 18.2 Å². The second-order valence-corrected chi connectivity index (χ2v) is 6.42.